The average Bonchev–Trinajstić information content (AvgIpc) is 2.82. The molecule has 0 aliphatic carbocycles. The molecule has 1 amide bonds. The zero-order chi connectivity index (χ0) is 24.7. The Balaban J connectivity index is 1.73. The average molecular weight is 483 g/mol. The largest absolute Gasteiger partial charge is 0.507 e. The predicted molar refractivity (Wildman–Crippen MR) is 133 cm³/mol. The number of nitrogens with two attached hydrogens (primary N) is 1. The highest BCUT2D eigenvalue weighted by Gasteiger charge is 2.15. The number of halogens is 1. The van der Waals surface area contributed by atoms with Gasteiger partial charge in [-0.2, -0.15) is 0 Å². The quantitative estimate of drug-likeness (QED) is 0.303. The third kappa shape index (κ3) is 6.17. The zero-order valence-electron chi connectivity index (χ0n) is 19.0. The number of nitrogen functional groups attached to an aromatic ring is 1. The van der Waals surface area contributed by atoms with E-state index >= 15 is 0 Å². The molecule has 0 aliphatic heterocycles. The molecule has 4 N–H and O–H groups in total. The Hall–Kier alpha value is -3.78. The van der Waals surface area contributed by atoms with Crippen LogP contribution < -0.4 is 16.0 Å². The van der Waals surface area contributed by atoms with Gasteiger partial charge in [0, 0.05) is 42.0 Å². The van der Waals surface area contributed by atoms with Crippen molar-refractivity contribution in [1.82, 2.24) is 10.3 Å². The van der Waals surface area contributed by atoms with Crippen molar-refractivity contribution in [3.05, 3.63) is 65.2 Å². The minimum atomic E-state index is -0.388. The first-order valence-corrected chi connectivity index (χ1v) is 11.2. The van der Waals surface area contributed by atoms with Gasteiger partial charge in [-0.1, -0.05) is 11.6 Å². The monoisotopic (exact) mass is 482 g/mol. The van der Waals surface area contributed by atoms with Gasteiger partial charge >= 0.3 is 5.97 Å². The smallest absolute Gasteiger partial charge is 0.305 e. The van der Waals surface area contributed by atoms with E-state index in [1.807, 2.05) is 24.1 Å². The summed E-state index contributed by atoms with van der Waals surface area (Å²) in [5, 5.41) is 13.8. The van der Waals surface area contributed by atoms with Crippen molar-refractivity contribution in [1.29, 1.82) is 0 Å². The molecule has 34 heavy (non-hydrogen) atoms. The van der Waals surface area contributed by atoms with E-state index in [1.165, 1.54) is 0 Å². The van der Waals surface area contributed by atoms with E-state index in [-0.39, 0.29) is 35.4 Å². The van der Waals surface area contributed by atoms with Crippen LogP contribution in [0.5, 0.6) is 5.75 Å². The fraction of sp³-hybridized carbons (Fsp3) is 0.240. The summed E-state index contributed by atoms with van der Waals surface area (Å²) in [6, 6.07) is 15.7. The third-order valence-electron chi connectivity index (χ3n) is 5.18. The van der Waals surface area contributed by atoms with Crippen LogP contribution in [0.15, 0.2) is 54.6 Å². The number of phenolic OH excluding ortho intramolecular Hbond substituents is 1. The zero-order valence-corrected chi connectivity index (χ0v) is 19.8. The lowest BCUT2D eigenvalue weighted by atomic mass is 10.1. The molecule has 8 nitrogen and oxygen atoms in total. The first-order chi connectivity index (χ1) is 16.3. The number of aromatic nitrogens is 1. The van der Waals surface area contributed by atoms with E-state index < -0.39 is 0 Å². The molecule has 0 bridgehead atoms. The van der Waals surface area contributed by atoms with Crippen LogP contribution in [0, 0.1) is 0 Å². The van der Waals surface area contributed by atoms with E-state index in [9.17, 15) is 14.7 Å². The number of anilines is 3. The lowest BCUT2D eigenvalue weighted by molar-refractivity contribution is -0.143. The fourth-order valence-corrected chi connectivity index (χ4v) is 3.46. The maximum absolute atomic E-state index is 12.5. The fourth-order valence-electron chi connectivity index (χ4n) is 3.33. The second-order valence-corrected chi connectivity index (χ2v) is 7.97. The van der Waals surface area contributed by atoms with Crippen LogP contribution in [-0.4, -0.2) is 42.2 Å². The Morgan fingerprint density at radius 1 is 1.12 bits per heavy atom. The first kappa shape index (κ1) is 24.9. The van der Waals surface area contributed by atoms with Crippen molar-refractivity contribution < 1.29 is 19.4 Å². The van der Waals surface area contributed by atoms with Crippen molar-refractivity contribution in [2.24, 2.45) is 0 Å². The summed E-state index contributed by atoms with van der Waals surface area (Å²) in [7, 11) is 1.90. The molecule has 0 atom stereocenters. The van der Waals surface area contributed by atoms with Gasteiger partial charge in [-0.15, -0.1) is 0 Å². The molecule has 2 aromatic carbocycles. The van der Waals surface area contributed by atoms with Gasteiger partial charge < -0.3 is 25.8 Å². The van der Waals surface area contributed by atoms with Crippen LogP contribution in [0.3, 0.4) is 0 Å². The Kier molecular flexibility index (Phi) is 8.32. The molecule has 0 radical (unpaired) electrons. The molecule has 0 saturated heterocycles. The van der Waals surface area contributed by atoms with Crippen LogP contribution >= 0.6 is 11.6 Å². The van der Waals surface area contributed by atoms with Crippen LogP contribution in [0.4, 0.5) is 17.2 Å². The highest BCUT2D eigenvalue weighted by molar-refractivity contribution is 6.30. The normalized spacial score (nSPS) is 10.6. The summed E-state index contributed by atoms with van der Waals surface area (Å²) in [5.41, 5.74) is 8.92. The number of aromatic hydroxyl groups is 1. The summed E-state index contributed by atoms with van der Waals surface area (Å²) in [6.07, 6.45) is 0.679. The number of pyridine rings is 1. The molecule has 0 saturated carbocycles. The van der Waals surface area contributed by atoms with Crippen molar-refractivity contribution in [2.45, 2.75) is 19.8 Å². The highest BCUT2D eigenvalue weighted by Crippen LogP contribution is 2.35. The van der Waals surface area contributed by atoms with Crippen LogP contribution in [0.25, 0.3) is 11.3 Å². The SMILES string of the molecule is CCOC(=O)CCCNC(=O)c1ccc(-c2cc(N(C)c3ccc(Cl)cc3)ccc2O)nc1N. The minimum absolute atomic E-state index is 0.0382. The number of hydrogen-bond acceptors (Lipinski definition) is 7. The van der Waals surface area contributed by atoms with Crippen LogP contribution in [0.2, 0.25) is 5.02 Å². The molecular weight excluding hydrogens is 456 g/mol. The Morgan fingerprint density at radius 2 is 1.82 bits per heavy atom. The molecule has 1 heterocycles. The summed E-state index contributed by atoms with van der Waals surface area (Å²) < 4.78 is 4.86. The minimum Gasteiger partial charge on any atom is -0.507 e. The molecular formula is C25H27ClN4O4. The number of rotatable bonds is 9. The van der Waals surface area contributed by atoms with E-state index in [0.717, 1.165) is 11.4 Å². The second kappa shape index (κ2) is 11.4. The van der Waals surface area contributed by atoms with Crippen molar-refractivity contribution in [3.8, 4) is 17.0 Å². The van der Waals surface area contributed by atoms with E-state index in [0.29, 0.717) is 35.9 Å². The molecule has 178 valence electrons. The van der Waals surface area contributed by atoms with Gasteiger partial charge in [0.05, 0.1) is 17.9 Å². The van der Waals surface area contributed by atoms with Gasteiger partial charge in [0.15, 0.2) is 0 Å². The highest BCUT2D eigenvalue weighted by atomic mass is 35.5. The number of carbonyl (C=O) groups excluding carboxylic acids is 2. The molecule has 3 rings (SSSR count). The maximum Gasteiger partial charge on any atom is 0.305 e. The maximum atomic E-state index is 12.5. The van der Waals surface area contributed by atoms with E-state index in [2.05, 4.69) is 10.3 Å². The molecule has 1 aromatic heterocycles. The van der Waals surface area contributed by atoms with Crippen molar-refractivity contribution in [2.75, 3.05) is 30.8 Å². The van der Waals surface area contributed by atoms with Gasteiger partial charge in [-0.05, 0) is 67.9 Å². The molecule has 0 aliphatic rings. The number of benzene rings is 2. The Morgan fingerprint density at radius 3 is 2.50 bits per heavy atom. The Bertz CT molecular complexity index is 1170. The van der Waals surface area contributed by atoms with Gasteiger partial charge in [0.1, 0.15) is 11.6 Å². The lowest BCUT2D eigenvalue weighted by Gasteiger charge is -2.21. The number of ether oxygens (including phenoxy) is 1. The number of hydrogen-bond donors (Lipinski definition) is 3. The summed E-state index contributed by atoms with van der Waals surface area (Å²) >= 11 is 5.98. The molecule has 0 fully saturated rings. The standard InChI is InChI=1S/C25H27ClN4O4/c1-3-34-23(32)5-4-14-28-25(33)19-11-12-21(29-24(19)27)20-15-18(10-13-22(20)31)30(2)17-8-6-16(26)7-9-17/h6-13,15,31H,3-5,14H2,1-2H3,(H2,27,29)(H,28,33). The number of carbonyl (C=O) groups is 2. The summed E-state index contributed by atoms with van der Waals surface area (Å²) in [6.45, 7) is 2.38. The molecule has 3 aromatic rings. The summed E-state index contributed by atoms with van der Waals surface area (Å²) in [5.74, 6) is -0.612. The van der Waals surface area contributed by atoms with Gasteiger partial charge in [0.25, 0.3) is 5.91 Å². The van der Waals surface area contributed by atoms with E-state index in [1.54, 1.807) is 49.4 Å². The lowest BCUT2D eigenvalue weighted by Crippen LogP contribution is -2.26. The Labute approximate surface area is 203 Å². The molecule has 0 unspecified atom stereocenters. The number of nitrogens with one attached hydrogen (secondary N) is 1. The first-order valence-electron chi connectivity index (χ1n) is 10.8. The van der Waals surface area contributed by atoms with Crippen molar-refractivity contribution >= 4 is 40.7 Å². The molecule has 0 spiro atoms. The number of amides is 1. The van der Waals surface area contributed by atoms with Gasteiger partial charge in [0.2, 0.25) is 0 Å². The number of phenols is 1. The van der Waals surface area contributed by atoms with Gasteiger partial charge in [-0.25, -0.2) is 4.98 Å². The topological polar surface area (TPSA) is 118 Å². The van der Waals surface area contributed by atoms with E-state index in [4.69, 9.17) is 22.1 Å². The molecule has 9 heteroatoms. The number of nitrogens with zero attached hydrogens (tertiary/aromatic N) is 2. The van der Waals surface area contributed by atoms with Crippen LogP contribution in [-0.2, 0) is 9.53 Å². The third-order valence-corrected chi connectivity index (χ3v) is 5.43. The summed E-state index contributed by atoms with van der Waals surface area (Å²) in [4.78, 5) is 30.1. The van der Waals surface area contributed by atoms with Gasteiger partial charge in [-0.3, -0.25) is 9.59 Å². The van der Waals surface area contributed by atoms with Crippen LogP contribution in [0.1, 0.15) is 30.1 Å². The van der Waals surface area contributed by atoms with Crippen molar-refractivity contribution in [3.63, 3.8) is 0 Å². The second-order valence-electron chi connectivity index (χ2n) is 7.53. The number of esters is 1. The predicted octanol–water partition coefficient (Wildman–Crippen LogP) is 4.53.